The summed E-state index contributed by atoms with van der Waals surface area (Å²) >= 11 is 0. The largest absolute Gasteiger partial charge is 0.478 e. The molecule has 122 valence electrons. The second-order valence-corrected chi connectivity index (χ2v) is 5.72. The van der Waals surface area contributed by atoms with Gasteiger partial charge in [-0.15, -0.1) is 10.2 Å². The molecule has 5 nitrogen and oxygen atoms in total. The van der Waals surface area contributed by atoms with Gasteiger partial charge in [0.25, 0.3) is 0 Å². The number of aromatic carboxylic acids is 1. The van der Waals surface area contributed by atoms with Gasteiger partial charge in [-0.25, -0.2) is 4.79 Å². The van der Waals surface area contributed by atoms with Gasteiger partial charge in [0.15, 0.2) is 0 Å². The molecule has 0 aliphatic carbocycles. The molecule has 0 fully saturated rings. The first kappa shape index (κ1) is 15.1. The van der Waals surface area contributed by atoms with Crippen LogP contribution in [0.5, 0.6) is 0 Å². The lowest BCUT2D eigenvalue weighted by atomic mass is 9.95. The van der Waals surface area contributed by atoms with E-state index in [0.717, 1.165) is 27.5 Å². The van der Waals surface area contributed by atoms with E-state index in [1.165, 1.54) is 0 Å². The smallest absolute Gasteiger partial charge is 0.335 e. The summed E-state index contributed by atoms with van der Waals surface area (Å²) in [6.07, 6.45) is 0. The van der Waals surface area contributed by atoms with E-state index in [2.05, 4.69) is 10.2 Å². The molecule has 0 spiro atoms. The fourth-order valence-corrected chi connectivity index (χ4v) is 2.95. The van der Waals surface area contributed by atoms with Crippen molar-refractivity contribution in [1.29, 1.82) is 0 Å². The lowest BCUT2D eigenvalue weighted by molar-refractivity contribution is 0.0697. The van der Waals surface area contributed by atoms with Crippen molar-refractivity contribution in [1.82, 2.24) is 10.2 Å². The predicted octanol–water partition coefficient (Wildman–Crippen LogP) is 4.56. The highest BCUT2D eigenvalue weighted by Crippen LogP contribution is 2.34. The van der Waals surface area contributed by atoms with Gasteiger partial charge in [-0.1, -0.05) is 42.5 Å². The van der Waals surface area contributed by atoms with Gasteiger partial charge in [-0.05, 0) is 40.1 Å². The van der Waals surface area contributed by atoms with Crippen LogP contribution in [-0.4, -0.2) is 21.3 Å². The fourth-order valence-electron chi connectivity index (χ4n) is 2.95. The lowest BCUT2D eigenvalue weighted by Gasteiger charge is -2.09. The Kier molecular flexibility index (Phi) is 3.54. The summed E-state index contributed by atoms with van der Waals surface area (Å²) in [5, 5.41) is 19.1. The average Bonchev–Trinajstić information content (AvgIpc) is 3.07. The molecule has 0 saturated heterocycles. The number of fused-ring (bicyclic) bond motifs is 1. The zero-order valence-corrected chi connectivity index (χ0v) is 13.4. The second kappa shape index (κ2) is 5.87. The number of benzene rings is 3. The van der Waals surface area contributed by atoms with Gasteiger partial charge in [0.2, 0.25) is 11.8 Å². The molecule has 5 heteroatoms. The van der Waals surface area contributed by atoms with Crippen LogP contribution in [0.15, 0.2) is 65.1 Å². The van der Waals surface area contributed by atoms with Crippen LogP contribution in [0, 0.1) is 6.92 Å². The van der Waals surface area contributed by atoms with Gasteiger partial charge in [0, 0.05) is 12.5 Å². The maximum atomic E-state index is 11.0. The van der Waals surface area contributed by atoms with Gasteiger partial charge in [-0.2, -0.15) is 0 Å². The van der Waals surface area contributed by atoms with Crippen molar-refractivity contribution in [3.8, 4) is 22.6 Å². The molecule has 0 aliphatic rings. The minimum atomic E-state index is -0.932. The van der Waals surface area contributed by atoms with Crippen LogP contribution in [0.3, 0.4) is 0 Å². The zero-order chi connectivity index (χ0) is 17.4. The molecule has 4 rings (SSSR count). The van der Waals surface area contributed by atoms with Crippen molar-refractivity contribution in [2.75, 3.05) is 0 Å². The molecule has 4 aromatic rings. The molecule has 25 heavy (non-hydrogen) atoms. The summed E-state index contributed by atoms with van der Waals surface area (Å²) in [5.74, 6) is 0.0763. The van der Waals surface area contributed by atoms with Gasteiger partial charge in [-0.3, -0.25) is 0 Å². The Morgan fingerprint density at radius 2 is 1.52 bits per heavy atom. The molecule has 0 atom stereocenters. The number of hydrogen-bond acceptors (Lipinski definition) is 4. The summed E-state index contributed by atoms with van der Waals surface area (Å²) in [7, 11) is 0. The molecular weight excluding hydrogens is 316 g/mol. The third-order valence-corrected chi connectivity index (χ3v) is 4.12. The zero-order valence-electron chi connectivity index (χ0n) is 13.4. The van der Waals surface area contributed by atoms with Gasteiger partial charge >= 0.3 is 5.97 Å². The number of carbonyl (C=O) groups is 1. The normalized spacial score (nSPS) is 10.9. The average molecular weight is 330 g/mol. The van der Waals surface area contributed by atoms with Crippen molar-refractivity contribution in [2.24, 2.45) is 0 Å². The Morgan fingerprint density at radius 1 is 0.880 bits per heavy atom. The number of aromatic nitrogens is 2. The molecule has 0 radical (unpaired) electrons. The fraction of sp³-hybridized carbons (Fsp3) is 0.0500. The van der Waals surface area contributed by atoms with E-state index in [0.29, 0.717) is 11.8 Å². The summed E-state index contributed by atoms with van der Waals surface area (Å²) in [6, 6.07) is 18.8. The third kappa shape index (κ3) is 2.65. The molecule has 0 unspecified atom stereocenters. The Morgan fingerprint density at radius 3 is 2.12 bits per heavy atom. The first-order valence-electron chi connectivity index (χ1n) is 7.79. The highest BCUT2D eigenvalue weighted by Gasteiger charge is 2.12. The molecule has 1 heterocycles. The molecule has 0 amide bonds. The summed E-state index contributed by atoms with van der Waals surface area (Å²) in [6.45, 7) is 1.76. The highest BCUT2D eigenvalue weighted by atomic mass is 16.4. The minimum absolute atomic E-state index is 0.269. The number of hydrogen-bond donors (Lipinski definition) is 1. The Balaban J connectivity index is 1.90. The van der Waals surface area contributed by atoms with E-state index in [4.69, 9.17) is 9.52 Å². The first-order valence-corrected chi connectivity index (χ1v) is 7.79. The number of carboxylic acid groups (broad SMARTS) is 1. The molecule has 0 aliphatic heterocycles. The summed E-state index contributed by atoms with van der Waals surface area (Å²) in [4.78, 5) is 11.0. The van der Waals surface area contributed by atoms with Crippen LogP contribution in [-0.2, 0) is 0 Å². The number of aryl methyl sites for hydroxylation is 1. The van der Waals surface area contributed by atoms with Crippen molar-refractivity contribution in [3.05, 3.63) is 72.1 Å². The van der Waals surface area contributed by atoms with Crippen molar-refractivity contribution >= 4 is 16.7 Å². The Labute approximate surface area is 143 Å². The van der Waals surface area contributed by atoms with E-state index in [-0.39, 0.29) is 5.56 Å². The van der Waals surface area contributed by atoms with Crippen LogP contribution < -0.4 is 0 Å². The van der Waals surface area contributed by atoms with Crippen molar-refractivity contribution < 1.29 is 14.3 Å². The lowest BCUT2D eigenvalue weighted by Crippen LogP contribution is -1.95. The van der Waals surface area contributed by atoms with Gasteiger partial charge in [0.05, 0.1) is 5.56 Å². The van der Waals surface area contributed by atoms with Crippen LogP contribution in [0.4, 0.5) is 0 Å². The van der Waals surface area contributed by atoms with Gasteiger partial charge in [0.1, 0.15) is 0 Å². The topological polar surface area (TPSA) is 76.2 Å². The molecule has 1 aromatic heterocycles. The second-order valence-electron chi connectivity index (χ2n) is 5.72. The monoisotopic (exact) mass is 330 g/mol. The SMILES string of the molecule is Cc1nnc(-c2cccc3c(-c4ccc(C(=O)O)cc4)cccc23)o1. The molecular formula is C20H14N2O3. The van der Waals surface area contributed by atoms with Gasteiger partial charge < -0.3 is 9.52 Å². The van der Waals surface area contributed by atoms with E-state index < -0.39 is 5.97 Å². The molecule has 0 saturated carbocycles. The Bertz CT molecular complexity index is 1080. The quantitative estimate of drug-likeness (QED) is 0.596. The minimum Gasteiger partial charge on any atom is -0.478 e. The van der Waals surface area contributed by atoms with Crippen LogP contribution in [0.25, 0.3) is 33.4 Å². The van der Waals surface area contributed by atoms with E-state index in [9.17, 15) is 4.79 Å². The summed E-state index contributed by atoms with van der Waals surface area (Å²) < 4.78 is 5.58. The number of nitrogens with zero attached hydrogens (tertiary/aromatic N) is 2. The van der Waals surface area contributed by atoms with Crippen LogP contribution in [0.1, 0.15) is 16.2 Å². The van der Waals surface area contributed by atoms with E-state index in [1.807, 2.05) is 48.5 Å². The number of rotatable bonds is 3. The Hall–Kier alpha value is -3.47. The molecule has 0 bridgehead atoms. The maximum Gasteiger partial charge on any atom is 0.335 e. The summed E-state index contributed by atoms with van der Waals surface area (Å²) in [5.41, 5.74) is 3.12. The standard InChI is InChI=1S/C20H14N2O3/c1-12-21-22-19(25-12)18-7-3-5-16-15(4-2-6-17(16)18)13-8-10-14(11-9-13)20(23)24/h2-11H,1H3,(H,23,24). The van der Waals surface area contributed by atoms with Crippen LogP contribution >= 0.6 is 0 Å². The van der Waals surface area contributed by atoms with E-state index >= 15 is 0 Å². The maximum absolute atomic E-state index is 11.0. The third-order valence-electron chi connectivity index (χ3n) is 4.12. The highest BCUT2D eigenvalue weighted by molar-refractivity contribution is 6.03. The van der Waals surface area contributed by atoms with Crippen molar-refractivity contribution in [3.63, 3.8) is 0 Å². The van der Waals surface area contributed by atoms with Crippen LogP contribution in [0.2, 0.25) is 0 Å². The van der Waals surface area contributed by atoms with E-state index in [1.54, 1.807) is 19.1 Å². The molecule has 1 N–H and O–H groups in total. The predicted molar refractivity (Wildman–Crippen MR) is 94.4 cm³/mol. The first-order chi connectivity index (χ1) is 12.1. The number of carboxylic acids is 1. The molecule has 3 aromatic carbocycles. The van der Waals surface area contributed by atoms with Crippen molar-refractivity contribution in [2.45, 2.75) is 6.92 Å².